The zero-order chi connectivity index (χ0) is 78.9. The molecule has 0 amide bonds. The molecule has 2 unspecified atom stereocenters. The van der Waals surface area contributed by atoms with E-state index in [0.717, 1.165) is 103 Å². The monoisotopic (exact) mass is 1560 g/mol. The van der Waals surface area contributed by atoms with E-state index in [9.17, 15) is 43.2 Å². The molecule has 622 valence electrons. The maximum atomic E-state index is 13.1. The molecule has 19 heteroatoms. The summed E-state index contributed by atoms with van der Waals surface area (Å²) >= 11 is 0. The van der Waals surface area contributed by atoms with Crippen LogP contribution in [0, 0.1) is 0 Å². The van der Waals surface area contributed by atoms with Crippen LogP contribution in [0.3, 0.4) is 0 Å². The Morgan fingerprint density at radius 3 is 0.731 bits per heavy atom. The lowest BCUT2D eigenvalue weighted by atomic mass is 10.0. The number of phosphoric acid groups is 2. The molecule has 0 fully saturated rings. The summed E-state index contributed by atoms with van der Waals surface area (Å²) in [6.07, 6.45) is 90.5. The van der Waals surface area contributed by atoms with Crippen molar-refractivity contribution in [2.45, 2.75) is 380 Å². The lowest BCUT2D eigenvalue weighted by Gasteiger charge is -2.21. The summed E-state index contributed by atoms with van der Waals surface area (Å²) < 4.78 is 68.6. The number of rotatable bonds is 80. The van der Waals surface area contributed by atoms with Crippen LogP contribution in [0.5, 0.6) is 0 Å². The van der Waals surface area contributed by atoms with Crippen molar-refractivity contribution in [3.05, 3.63) is 122 Å². The smallest absolute Gasteiger partial charge is 0.462 e. The molecule has 0 aromatic heterocycles. The molecule has 0 saturated heterocycles. The number of carbonyl (C=O) groups excluding carboxylic acids is 4. The maximum Gasteiger partial charge on any atom is 0.472 e. The Balaban J connectivity index is 5.47. The molecule has 0 aliphatic rings. The van der Waals surface area contributed by atoms with Gasteiger partial charge in [0.1, 0.15) is 19.3 Å². The summed E-state index contributed by atoms with van der Waals surface area (Å²) in [5.74, 6) is -2.35. The molecular formula is C89H154O17P2. The molecule has 0 aromatic carbocycles. The fraction of sp³-hybridized carbons (Fsp3) is 0.730. The first-order valence-electron chi connectivity index (χ1n) is 42.8. The number of ether oxygens (including phenoxy) is 4. The third-order valence-corrected chi connectivity index (χ3v) is 19.9. The predicted molar refractivity (Wildman–Crippen MR) is 445 cm³/mol. The van der Waals surface area contributed by atoms with E-state index in [2.05, 4.69) is 125 Å². The molecule has 0 saturated carbocycles. The fourth-order valence-electron chi connectivity index (χ4n) is 11.4. The van der Waals surface area contributed by atoms with Crippen LogP contribution in [-0.4, -0.2) is 96.7 Å². The van der Waals surface area contributed by atoms with Crippen molar-refractivity contribution in [3.63, 3.8) is 0 Å². The Kier molecular flexibility index (Phi) is 77.1. The standard InChI is InChI=1S/C89H154O17P2/c1-5-9-13-17-21-25-29-33-37-39-41-43-47-49-53-57-61-65-69-73-86(91)99-79-84(105-88(93)75-71-67-63-59-55-51-45-35-31-27-23-19-15-11-7-3)81-103-107(95,96)101-77-83(90)78-102-108(97,98)104-82-85(106-89(94)76-72-68-64-60-56-52-46-36-32-28-24-20-16-12-8-4)80-100-87(92)74-70-66-62-58-54-50-48-44-42-40-38-34-30-26-22-18-14-10-6-2/h21-22,25-26,33-34,37-38,41-44,49-50,53-54,61-62,65-66,83-85,90H,5-20,23-24,27-32,35-36,39-40,45-48,51-52,55-60,63-64,67-82H2,1-4H3,(H,95,96)(H,97,98)/b25-21-,26-22-,37-33-,38-34-,43-41-,44-42-,53-49-,54-50-,65-61-,66-62-/t84-,85-/m1/s1. The van der Waals surface area contributed by atoms with E-state index in [0.29, 0.717) is 38.5 Å². The van der Waals surface area contributed by atoms with E-state index >= 15 is 0 Å². The Bertz CT molecular complexity index is 2350. The third kappa shape index (κ3) is 79.5. The lowest BCUT2D eigenvalue weighted by Crippen LogP contribution is -2.30. The van der Waals surface area contributed by atoms with E-state index in [1.165, 1.54) is 167 Å². The minimum Gasteiger partial charge on any atom is -0.462 e. The highest BCUT2D eigenvalue weighted by Gasteiger charge is 2.30. The van der Waals surface area contributed by atoms with E-state index in [1.54, 1.807) is 0 Å². The van der Waals surface area contributed by atoms with Gasteiger partial charge in [-0.25, -0.2) is 9.13 Å². The number of unbranched alkanes of at least 4 members (excludes halogenated alkanes) is 34. The van der Waals surface area contributed by atoms with Crippen molar-refractivity contribution in [1.29, 1.82) is 0 Å². The first-order valence-corrected chi connectivity index (χ1v) is 45.8. The molecule has 17 nitrogen and oxygen atoms in total. The number of esters is 4. The zero-order valence-corrected chi connectivity index (χ0v) is 70.0. The summed E-state index contributed by atoms with van der Waals surface area (Å²) in [5, 5.41) is 10.7. The van der Waals surface area contributed by atoms with Crippen molar-refractivity contribution in [2.24, 2.45) is 0 Å². The number of hydrogen-bond acceptors (Lipinski definition) is 15. The van der Waals surface area contributed by atoms with Crippen molar-refractivity contribution in [3.8, 4) is 0 Å². The highest BCUT2D eigenvalue weighted by atomic mass is 31.2. The van der Waals surface area contributed by atoms with Crippen LogP contribution in [0.1, 0.15) is 362 Å². The number of aliphatic hydroxyl groups excluding tert-OH is 1. The second-order valence-corrected chi connectivity index (χ2v) is 31.3. The van der Waals surface area contributed by atoms with Gasteiger partial charge in [0, 0.05) is 25.7 Å². The molecule has 0 rings (SSSR count). The largest absolute Gasteiger partial charge is 0.472 e. The second-order valence-electron chi connectivity index (χ2n) is 28.4. The van der Waals surface area contributed by atoms with Gasteiger partial charge in [0.25, 0.3) is 0 Å². The van der Waals surface area contributed by atoms with Crippen molar-refractivity contribution in [2.75, 3.05) is 39.6 Å². The van der Waals surface area contributed by atoms with Crippen LogP contribution in [0.4, 0.5) is 0 Å². The van der Waals surface area contributed by atoms with E-state index in [1.807, 2.05) is 24.3 Å². The summed E-state index contributed by atoms with van der Waals surface area (Å²) in [7, 11) is -10.00. The highest BCUT2D eigenvalue weighted by molar-refractivity contribution is 7.47. The van der Waals surface area contributed by atoms with E-state index in [4.69, 9.17) is 37.0 Å². The molecule has 0 aliphatic carbocycles. The highest BCUT2D eigenvalue weighted by Crippen LogP contribution is 2.45. The molecule has 0 radical (unpaired) electrons. The Labute approximate surface area is 657 Å². The van der Waals surface area contributed by atoms with E-state index < -0.39 is 97.5 Å². The molecule has 0 spiro atoms. The van der Waals surface area contributed by atoms with Gasteiger partial charge < -0.3 is 33.8 Å². The third-order valence-electron chi connectivity index (χ3n) is 18.0. The minimum atomic E-state index is -5.00. The minimum absolute atomic E-state index is 0.0374. The Hall–Kier alpha value is -4.54. The fourth-order valence-corrected chi connectivity index (χ4v) is 13.0. The summed E-state index contributed by atoms with van der Waals surface area (Å²) in [5.41, 5.74) is 0. The average molecular weight is 1560 g/mol. The van der Waals surface area contributed by atoms with Crippen molar-refractivity contribution in [1.82, 2.24) is 0 Å². The number of hydrogen-bond donors (Lipinski definition) is 3. The second kappa shape index (κ2) is 80.5. The van der Waals surface area contributed by atoms with Gasteiger partial charge >= 0.3 is 39.5 Å². The first-order chi connectivity index (χ1) is 52.7. The van der Waals surface area contributed by atoms with Crippen molar-refractivity contribution >= 4 is 39.5 Å². The molecule has 0 aromatic rings. The first kappa shape index (κ1) is 103. The quantitative estimate of drug-likeness (QED) is 0.0169. The average Bonchev–Trinajstić information content (AvgIpc) is 0.923. The Morgan fingerprint density at radius 1 is 0.259 bits per heavy atom. The molecule has 0 bridgehead atoms. The van der Waals surface area contributed by atoms with Gasteiger partial charge in [-0.3, -0.25) is 37.3 Å². The van der Waals surface area contributed by atoms with E-state index in [-0.39, 0.29) is 25.7 Å². The van der Waals surface area contributed by atoms with Gasteiger partial charge in [-0.2, -0.15) is 0 Å². The zero-order valence-electron chi connectivity index (χ0n) is 68.2. The van der Waals surface area contributed by atoms with Gasteiger partial charge in [-0.1, -0.05) is 355 Å². The number of aliphatic hydroxyl groups is 1. The van der Waals surface area contributed by atoms with Crippen LogP contribution in [0.25, 0.3) is 0 Å². The van der Waals surface area contributed by atoms with Gasteiger partial charge in [0.05, 0.1) is 26.4 Å². The molecule has 4 atom stereocenters. The van der Waals surface area contributed by atoms with Gasteiger partial charge in [-0.15, -0.1) is 0 Å². The van der Waals surface area contributed by atoms with Crippen LogP contribution in [-0.2, 0) is 65.4 Å². The van der Waals surface area contributed by atoms with Gasteiger partial charge in [0.2, 0.25) is 0 Å². The van der Waals surface area contributed by atoms with Crippen LogP contribution >= 0.6 is 15.6 Å². The number of phosphoric ester groups is 2. The molecule has 0 heterocycles. The molecule has 0 aliphatic heterocycles. The lowest BCUT2D eigenvalue weighted by molar-refractivity contribution is -0.161. The summed E-state index contributed by atoms with van der Waals surface area (Å²) in [6.45, 7) is 4.72. The molecular weight excluding hydrogens is 1400 g/mol. The van der Waals surface area contributed by atoms with Crippen molar-refractivity contribution < 1.29 is 80.2 Å². The van der Waals surface area contributed by atoms with Crippen LogP contribution in [0.15, 0.2) is 122 Å². The summed E-state index contributed by atoms with van der Waals surface area (Å²) in [4.78, 5) is 73.1. The van der Waals surface area contributed by atoms with Gasteiger partial charge in [0.15, 0.2) is 12.2 Å². The molecule has 3 N–H and O–H groups in total. The normalized spacial score (nSPS) is 14.4. The maximum absolute atomic E-state index is 13.1. The number of allylic oxidation sites excluding steroid dienone is 20. The SMILES string of the molecule is CCCCC/C=C\C/C=C\C/C=C\C/C=C\C/C=C\CCC(=O)OC[C@H](COP(=O)(O)OCC(O)COP(=O)(O)OC[C@@H](COC(=O)CC/C=C\C/C=C\C/C=C\C/C=C\C/C=C\CCCCC)OC(=O)CCCCCCCCCCCCCCCCC)OC(=O)CCCCCCCCCCCCCCCCC. The Morgan fingerprint density at radius 2 is 0.472 bits per heavy atom. The van der Waals surface area contributed by atoms with Crippen LogP contribution in [0.2, 0.25) is 0 Å². The molecule has 108 heavy (non-hydrogen) atoms. The predicted octanol–water partition coefficient (Wildman–Crippen LogP) is 25.5. The summed E-state index contributed by atoms with van der Waals surface area (Å²) in [6, 6.07) is 0. The number of carbonyl (C=O) groups is 4. The van der Waals surface area contributed by atoms with Gasteiger partial charge in [-0.05, 0) is 103 Å². The topological polar surface area (TPSA) is 237 Å². The van der Waals surface area contributed by atoms with Crippen LogP contribution < -0.4 is 0 Å².